The zero-order chi connectivity index (χ0) is 18.6. The Morgan fingerprint density at radius 3 is 2.27 bits per heavy atom. The van der Waals surface area contributed by atoms with Crippen molar-refractivity contribution in [3.05, 3.63) is 54.6 Å². The lowest BCUT2D eigenvalue weighted by molar-refractivity contribution is -0.127. The van der Waals surface area contributed by atoms with Gasteiger partial charge in [-0.2, -0.15) is 0 Å². The third-order valence-electron chi connectivity index (χ3n) is 4.06. The minimum Gasteiger partial charge on any atom is -0.481 e. The average molecular weight is 375 g/mol. The number of hydrogen-bond acceptors (Lipinski definition) is 5. The lowest BCUT2D eigenvalue weighted by Crippen LogP contribution is -2.43. The Morgan fingerprint density at radius 2 is 1.65 bits per heavy atom. The smallest absolute Gasteiger partial charge is 0.261 e. The van der Waals surface area contributed by atoms with E-state index in [9.17, 15) is 13.2 Å². The molecule has 1 heterocycles. The first kappa shape index (κ1) is 18.3. The molecule has 1 aliphatic rings. The van der Waals surface area contributed by atoms with E-state index in [1.165, 1.54) is 0 Å². The summed E-state index contributed by atoms with van der Waals surface area (Å²) in [6, 6.07) is 16.1. The molecule has 26 heavy (non-hydrogen) atoms. The molecule has 0 aromatic heterocycles. The van der Waals surface area contributed by atoms with E-state index < -0.39 is 15.9 Å². The summed E-state index contributed by atoms with van der Waals surface area (Å²) in [4.78, 5) is 12.2. The summed E-state index contributed by atoms with van der Waals surface area (Å²) in [5.74, 6) is 1.73. The van der Waals surface area contributed by atoms with E-state index in [2.05, 4.69) is 5.32 Å². The van der Waals surface area contributed by atoms with Crippen molar-refractivity contribution in [2.45, 2.75) is 25.5 Å². The van der Waals surface area contributed by atoms with Crippen molar-refractivity contribution in [2.75, 3.05) is 11.5 Å². The summed E-state index contributed by atoms with van der Waals surface area (Å²) in [6.07, 6.45) is -0.272. The summed E-state index contributed by atoms with van der Waals surface area (Å²) in [6.45, 7) is 1.63. The van der Waals surface area contributed by atoms with E-state index >= 15 is 0 Å². The third-order valence-corrected chi connectivity index (χ3v) is 5.83. The molecule has 1 fully saturated rings. The minimum absolute atomic E-state index is 0.00299. The molecule has 0 bridgehead atoms. The normalized spacial score (nSPS) is 19.5. The van der Waals surface area contributed by atoms with Crippen LogP contribution in [0.15, 0.2) is 54.6 Å². The van der Waals surface area contributed by atoms with Gasteiger partial charge in [0.05, 0.1) is 11.5 Å². The second-order valence-electron chi connectivity index (χ2n) is 6.26. The van der Waals surface area contributed by atoms with Gasteiger partial charge >= 0.3 is 0 Å². The highest BCUT2D eigenvalue weighted by molar-refractivity contribution is 7.91. The van der Waals surface area contributed by atoms with Crippen LogP contribution in [0.1, 0.15) is 13.3 Å². The van der Waals surface area contributed by atoms with Crippen LogP contribution >= 0.6 is 0 Å². The fraction of sp³-hybridized carbons (Fsp3) is 0.316. The molecular formula is C19H21NO5S. The molecule has 0 saturated carbocycles. The van der Waals surface area contributed by atoms with Crippen molar-refractivity contribution in [1.29, 1.82) is 0 Å². The van der Waals surface area contributed by atoms with Gasteiger partial charge < -0.3 is 14.8 Å². The first-order valence-corrected chi connectivity index (χ1v) is 10.2. The Labute approximate surface area is 153 Å². The number of rotatable bonds is 6. The maximum atomic E-state index is 12.2. The van der Waals surface area contributed by atoms with Crippen LogP contribution in [0, 0.1) is 0 Å². The Morgan fingerprint density at radius 1 is 1.04 bits per heavy atom. The van der Waals surface area contributed by atoms with Crippen molar-refractivity contribution in [2.24, 2.45) is 0 Å². The highest BCUT2D eigenvalue weighted by Crippen LogP contribution is 2.24. The molecule has 2 atom stereocenters. The van der Waals surface area contributed by atoms with Gasteiger partial charge in [-0.15, -0.1) is 0 Å². The molecule has 1 amide bonds. The van der Waals surface area contributed by atoms with Gasteiger partial charge in [-0.1, -0.05) is 18.2 Å². The molecule has 2 aromatic carbocycles. The van der Waals surface area contributed by atoms with E-state index in [-0.39, 0.29) is 23.5 Å². The molecule has 138 valence electrons. The van der Waals surface area contributed by atoms with Crippen LogP contribution in [0.4, 0.5) is 0 Å². The molecule has 3 rings (SSSR count). The van der Waals surface area contributed by atoms with E-state index in [0.29, 0.717) is 17.9 Å². The molecule has 1 saturated heterocycles. The molecule has 0 aliphatic carbocycles. The van der Waals surface area contributed by atoms with Crippen molar-refractivity contribution in [1.82, 2.24) is 5.32 Å². The van der Waals surface area contributed by atoms with E-state index in [1.54, 1.807) is 31.2 Å². The Balaban J connectivity index is 1.52. The summed E-state index contributed by atoms with van der Waals surface area (Å²) < 4.78 is 34.2. The van der Waals surface area contributed by atoms with E-state index in [0.717, 1.165) is 5.75 Å². The first-order chi connectivity index (χ1) is 12.4. The van der Waals surface area contributed by atoms with Crippen LogP contribution in [0.3, 0.4) is 0 Å². The van der Waals surface area contributed by atoms with Gasteiger partial charge in [0, 0.05) is 6.04 Å². The van der Waals surface area contributed by atoms with Crippen molar-refractivity contribution >= 4 is 15.7 Å². The van der Waals surface area contributed by atoms with Crippen molar-refractivity contribution in [3.63, 3.8) is 0 Å². The Kier molecular flexibility index (Phi) is 5.46. The first-order valence-electron chi connectivity index (χ1n) is 8.42. The van der Waals surface area contributed by atoms with Crippen LogP contribution in [0.2, 0.25) is 0 Å². The van der Waals surface area contributed by atoms with E-state index in [1.807, 2.05) is 30.3 Å². The largest absolute Gasteiger partial charge is 0.481 e. The summed E-state index contributed by atoms with van der Waals surface area (Å²) in [5.41, 5.74) is 0. The van der Waals surface area contributed by atoms with Crippen molar-refractivity contribution < 1.29 is 22.7 Å². The van der Waals surface area contributed by atoms with Gasteiger partial charge in [-0.3, -0.25) is 4.79 Å². The Hall–Kier alpha value is -2.54. The molecule has 7 heteroatoms. The molecule has 1 N–H and O–H groups in total. The molecular weight excluding hydrogens is 354 g/mol. The minimum atomic E-state index is -3.03. The highest BCUT2D eigenvalue weighted by atomic mass is 32.2. The van der Waals surface area contributed by atoms with Crippen LogP contribution in [-0.4, -0.2) is 38.0 Å². The maximum Gasteiger partial charge on any atom is 0.261 e. The topological polar surface area (TPSA) is 81.7 Å². The van der Waals surface area contributed by atoms with Crippen LogP contribution in [0.25, 0.3) is 0 Å². The molecule has 2 aromatic rings. The summed E-state index contributed by atoms with van der Waals surface area (Å²) in [5, 5.41) is 2.73. The number of nitrogens with one attached hydrogen (secondary N) is 1. The quantitative estimate of drug-likeness (QED) is 0.839. The SMILES string of the molecule is CC(Oc1ccc(Oc2ccccc2)cc1)C(=O)NC1CCS(=O)(=O)C1. The average Bonchev–Trinajstić information content (AvgIpc) is 2.96. The highest BCUT2D eigenvalue weighted by Gasteiger charge is 2.30. The van der Waals surface area contributed by atoms with Gasteiger partial charge in [-0.25, -0.2) is 8.42 Å². The van der Waals surface area contributed by atoms with E-state index in [4.69, 9.17) is 9.47 Å². The molecule has 6 nitrogen and oxygen atoms in total. The molecule has 2 unspecified atom stereocenters. The lowest BCUT2D eigenvalue weighted by atomic mass is 10.2. The van der Waals surface area contributed by atoms with Gasteiger partial charge in [0.15, 0.2) is 15.9 Å². The lowest BCUT2D eigenvalue weighted by Gasteiger charge is -2.17. The fourth-order valence-electron chi connectivity index (χ4n) is 2.70. The predicted octanol–water partition coefficient (Wildman–Crippen LogP) is 2.55. The standard InChI is InChI=1S/C19H21NO5S/c1-14(19(21)20-15-11-12-26(22,23)13-15)24-17-7-9-18(10-8-17)25-16-5-3-2-4-6-16/h2-10,14-15H,11-13H2,1H3,(H,20,21). The van der Waals surface area contributed by atoms with Crippen LogP contribution < -0.4 is 14.8 Å². The molecule has 0 spiro atoms. The van der Waals surface area contributed by atoms with Gasteiger partial charge in [0.2, 0.25) is 0 Å². The number of carbonyl (C=O) groups is 1. The number of amides is 1. The molecule has 0 radical (unpaired) electrons. The number of ether oxygens (including phenoxy) is 2. The van der Waals surface area contributed by atoms with Crippen molar-refractivity contribution in [3.8, 4) is 17.2 Å². The third kappa shape index (κ3) is 4.98. The Bertz CT molecular complexity index is 849. The second kappa shape index (κ2) is 7.78. The number of para-hydroxylation sites is 1. The number of benzene rings is 2. The zero-order valence-electron chi connectivity index (χ0n) is 14.4. The van der Waals surface area contributed by atoms with Crippen LogP contribution in [0.5, 0.6) is 17.2 Å². The number of carbonyl (C=O) groups excluding carboxylic acids is 1. The number of hydrogen-bond donors (Lipinski definition) is 1. The maximum absolute atomic E-state index is 12.2. The predicted molar refractivity (Wildman–Crippen MR) is 98.2 cm³/mol. The summed E-state index contributed by atoms with van der Waals surface area (Å²) >= 11 is 0. The number of sulfone groups is 1. The van der Waals surface area contributed by atoms with Gasteiger partial charge in [-0.05, 0) is 49.7 Å². The van der Waals surface area contributed by atoms with Gasteiger partial charge in [0.1, 0.15) is 17.2 Å². The van der Waals surface area contributed by atoms with Crippen LogP contribution in [-0.2, 0) is 14.6 Å². The monoisotopic (exact) mass is 375 g/mol. The van der Waals surface area contributed by atoms with Gasteiger partial charge in [0.25, 0.3) is 5.91 Å². The molecule has 1 aliphatic heterocycles. The zero-order valence-corrected chi connectivity index (χ0v) is 15.2. The second-order valence-corrected chi connectivity index (χ2v) is 8.48. The summed E-state index contributed by atoms with van der Waals surface area (Å²) in [7, 11) is -3.03. The fourth-order valence-corrected chi connectivity index (χ4v) is 4.37.